The molecule has 3 fully saturated rings. The van der Waals surface area contributed by atoms with Crippen molar-refractivity contribution in [2.24, 2.45) is 11.8 Å². The molecule has 3 atom stereocenters. The standard InChI is InChI=1S/C13H25N3/c1-11-13-9-14-8-12(13)10-16(11)7-6-15-4-2-3-5-15/h11-14H,2-10H2,1H3. The molecule has 3 heteroatoms. The first kappa shape index (κ1) is 11.0. The highest BCUT2D eigenvalue weighted by molar-refractivity contribution is 4.96. The smallest absolute Gasteiger partial charge is 0.0112 e. The highest BCUT2D eigenvalue weighted by Crippen LogP contribution is 2.31. The van der Waals surface area contributed by atoms with Gasteiger partial charge in [0.05, 0.1) is 0 Å². The van der Waals surface area contributed by atoms with E-state index in [1.165, 1.54) is 58.7 Å². The molecule has 16 heavy (non-hydrogen) atoms. The second kappa shape index (κ2) is 4.63. The summed E-state index contributed by atoms with van der Waals surface area (Å²) in [6.07, 6.45) is 2.84. The number of rotatable bonds is 3. The zero-order chi connectivity index (χ0) is 11.0. The van der Waals surface area contributed by atoms with Crippen molar-refractivity contribution in [3.63, 3.8) is 0 Å². The van der Waals surface area contributed by atoms with E-state index in [1.807, 2.05) is 0 Å². The average molecular weight is 223 g/mol. The average Bonchev–Trinajstić information content (AvgIpc) is 2.96. The second-order valence-corrected chi connectivity index (χ2v) is 5.87. The van der Waals surface area contributed by atoms with Gasteiger partial charge in [0.25, 0.3) is 0 Å². The minimum absolute atomic E-state index is 0.808. The molecule has 0 aliphatic carbocycles. The van der Waals surface area contributed by atoms with Gasteiger partial charge in [-0.25, -0.2) is 0 Å². The summed E-state index contributed by atoms with van der Waals surface area (Å²) in [6.45, 7) is 11.6. The maximum absolute atomic E-state index is 3.54. The fraction of sp³-hybridized carbons (Fsp3) is 1.00. The predicted octanol–water partition coefficient (Wildman–Crippen LogP) is 0.622. The molecule has 3 aliphatic heterocycles. The second-order valence-electron chi connectivity index (χ2n) is 5.87. The first-order valence-corrected chi connectivity index (χ1v) is 7.02. The Morgan fingerprint density at radius 1 is 1.12 bits per heavy atom. The maximum atomic E-state index is 3.54. The van der Waals surface area contributed by atoms with Gasteiger partial charge in [-0.2, -0.15) is 0 Å². The molecule has 0 spiro atoms. The Hall–Kier alpha value is -0.120. The quantitative estimate of drug-likeness (QED) is 0.757. The van der Waals surface area contributed by atoms with E-state index in [2.05, 4.69) is 22.0 Å². The Morgan fingerprint density at radius 2 is 1.94 bits per heavy atom. The third-order valence-corrected chi connectivity index (χ3v) is 4.96. The molecule has 3 rings (SSSR count). The lowest BCUT2D eigenvalue weighted by Crippen LogP contribution is -2.38. The van der Waals surface area contributed by atoms with Gasteiger partial charge in [-0.1, -0.05) is 0 Å². The molecule has 3 nitrogen and oxygen atoms in total. The van der Waals surface area contributed by atoms with Crippen LogP contribution in [0.25, 0.3) is 0 Å². The fourth-order valence-electron chi connectivity index (χ4n) is 3.83. The highest BCUT2D eigenvalue weighted by Gasteiger charge is 2.41. The van der Waals surface area contributed by atoms with Gasteiger partial charge >= 0.3 is 0 Å². The molecule has 0 aromatic carbocycles. The van der Waals surface area contributed by atoms with Crippen LogP contribution in [0.15, 0.2) is 0 Å². The predicted molar refractivity (Wildman–Crippen MR) is 66.6 cm³/mol. The summed E-state index contributed by atoms with van der Waals surface area (Å²) >= 11 is 0. The Labute approximate surface area is 99.2 Å². The van der Waals surface area contributed by atoms with Crippen molar-refractivity contribution in [2.75, 3.05) is 45.8 Å². The lowest BCUT2D eigenvalue weighted by Gasteiger charge is -2.26. The molecule has 1 N–H and O–H groups in total. The van der Waals surface area contributed by atoms with Crippen LogP contribution in [-0.4, -0.2) is 61.7 Å². The first-order chi connectivity index (χ1) is 7.84. The molecular formula is C13H25N3. The molecule has 92 valence electrons. The Kier molecular flexibility index (Phi) is 3.18. The summed E-state index contributed by atoms with van der Waals surface area (Å²) in [4.78, 5) is 5.37. The maximum Gasteiger partial charge on any atom is 0.0112 e. The zero-order valence-electron chi connectivity index (χ0n) is 10.5. The summed E-state index contributed by atoms with van der Waals surface area (Å²) in [5.74, 6) is 1.87. The Bertz CT molecular complexity index is 237. The van der Waals surface area contributed by atoms with E-state index in [4.69, 9.17) is 0 Å². The summed E-state index contributed by atoms with van der Waals surface area (Å²) in [5, 5.41) is 3.54. The van der Waals surface area contributed by atoms with Gasteiger partial charge in [-0.3, -0.25) is 4.90 Å². The molecule has 3 aliphatic rings. The van der Waals surface area contributed by atoms with Gasteiger partial charge in [-0.15, -0.1) is 0 Å². The van der Waals surface area contributed by atoms with Crippen molar-refractivity contribution < 1.29 is 0 Å². The molecular weight excluding hydrogens is 198 g/mol. The number of fused-ring (bicyclic) bond motifs is 1. The van der Waals surface area contributed by atoms with E-state index in [0.29, 0.717) is 0 Å². The van der Waals surface area contributed by atoms with Crippen LogP contribution in [0, 0.1) is 11.8 Å². The van der Waals surface area contributed by atoms with E-state index < -0.39 is 0 Å². The molecule has 3 saturated heterocycles. The third-order valence-electron chi connectivity index (χ3n) is 4.96. The third kappa shape index (κ3) is 2.01. The fourth-order valence-corrected chi connectivity index (χ4v) is 3.83. The van der Waals surface area contributed by atoms with Gasteiger partial charge in [0.15, 0.2) is 0 Å². The number of nitrogens with one attached hydrogen (secondary N) is 1. The van der Waals surface area contributed by atoms with Gasteiger partial charge in [-0.05, 0) is 57.8 Å². The van der Waals surface area contributed by atoms with Crippen LogP contribution in [0.3, 0.4) is 0 Å². The number of hydrogen-bond acceptors (Lipinski definition) is 3. The highest BCUT2D eigenvalue weighted by atomic mass is 15.2. The van der Waals surface area contributed by atoms with Crippen LogP contribution in [0.5, 0.6) is 0 Å². The van der Waals surface area contributed by atoms with Crippen molar-refractivity contribution in [1.82, 2.24) is 15.1 Å². The molecule has 0 saturated carbocycles. The Morgan fingerprint density at radius 3 is 2.69 bits per heavy atom. The van der Waals surface area contributed by atoms with Crippen LogP contribution in [-0.2, 0) is 0 Å². The van der Waals surface area contributed by atoms with Crippen molar-refractivity contribution >= 4 is 0 Å². The minimum atomic E-state index is 0.808. The van der Waals surface area contributed by atoms with Gasteiger partial charge < -0.3 is 10.2 Å². The lowest BCUT2D eigenvalue weighted by atomic mass is 9.95. The van der Waals surface area contributed by atoms with Crippen molar-refractivity contribution in [3.8, 4) is 0 Å². The lowest BCUT2D eigenvalue weighted by molar-refractivity contribution is 0.203. The zero-order valence-corrected chi connectivity index (χ0v) is 10.5. The van der Waals surface area contributed by atoms with Crippen molar-refractivity contribution in [3.05, 3.63) is 0 Å². The van der Waals surface area contributed by atoms with Crippen LogP contribution in [0.2, 0.25) is 0 Å². The van der Waals surface area contributed by atoms with E-state index in [1.54, 1.807) is 0 Å². The largest absolute Gasteiger partial charge is 0.316 e. The van der Waals surface area contributed by atoms with Gasteiger partial charge in [0.1, 0.15) is 0 Å². The summed E-state index contributed by atoms with van der Waals surface area (Å²) in [6, 6.07) is 0.808. The summed E-state index contributed by atoms with van der Waals surface area (Å²) in [7, 11) is 0. The molecule has 3 unspecified atom stereocenters. The van der Waals surface area contributed by atoms with Crippen LogP contribution in [0.1, 0.15) is 19.8 Å². The first-order valence-electron chi connectivity index (χ1n) is 7.02. The van der Waals surface area contributed by atoms with Crippen molar-refractivity contribution in [1.29, 1.82) is 0 Å². The summed E-state index contributed by atoms with van der Waals surface area (Å²) in [5.41, 5.74) is 0. The van der Waals surface area contributed by atoms with E-state index in [9.17, 15) is 0 Å². The molecule has 3 heterocycles. The molecule has 0 radical (unpaired) electrons. The monoisotopic (exact) mass is 223 g/mol. The van der Waals surface area contributed by atoms with E-state index in [-0.39, 0.29) is 0 Å². The van der Waals surface area contributed by atoms with Crippen LogP contribution < -0.4 is 5.32 Å². The van der Waals surface area contributed by atoms with Crippen LogP contribution >= 0.6 is 0 Å². The molecule has 0 bridgehead atoms. The number of hydrogen-bond donors (Lipinski definition) is 1. The van der Waals surface area contributed by atoms with E-state index >= 15 is 0 Å². The summed E-state index contributed by atoms with van der Waals surface area (Å²) < 4.78 is 0. The SMILES string of the molecule is CC1C2CNCC2CN1CCN1CCCC1. The van der Waals surface area contributed by atoms with Crippen molar-refractivity contribution in [2.45, 2.75) is 25.8 Å². The molecule has 0 amide bonds. The minimum Gasteiger partial charge on any atom is -0.316 e. The van der Waals surface area contributed by atoms with Gasteiger partial charge in [0.2, 0.25) is 0 Å². The number of nitrogens with zero attached hydrogens (tertiary/aromatic N) is 2. The number of likely N-dealkylation sites (tertiary alicyclic amines) is 2. The van der Waals surface area contributed by atoms with Gasteiger partial charge in [0, 0.05) is 25.7 Å². The topological polar surface area (TPSA) is 18.5 Å². The Balaban J connectivity index is 1.48. The normalized spacial score (nSPS) is 40.7. The molecule has 0 aromatic rings. The van der Waals surface area contributed by atoms with E-state index in [0.717, 1.165) is 17.9 Å². The molecule has 0 aromatic heterocycles. The van der Waals surface area contributed by atoms with Crippen LogP contribution in [0.4, 0.5) is 0 Å².